The molecule has 3 aromatic rings. The fraction of sp³-hybridized carbons (Fsp3) is 0.571. The average molecular weight is 619 g/mol. The number of carbonyl (C=O) groups excluding carboxylic acids is 1. The van der Waals surface area contributed by atoms with Crippen molar-refractivity contribution in [3.63, 3.8) is 0 Å². The Morgan fingerprint density at radius 1 is 1.02 bits per heavy atom. The van der Waals surface area contributed by atoms with Gasteiger partial charge in [0.2, 0.25) is 5.91 Å². The predicted octanol–water partition coefficient (Wildman–Crippen LogP) is 5.53. The lowest BCUT2D eigenvalue weighted by Crippen LogP contribution is -2.50. The maximum atomic E-state index is 12.9. The van der Waals surface area contributed by atoms with Gasteiger partial charge in [0.05, 0.1) is 33.1 Å². The van der Waals surface area contributed by atoms with E-state index >= 15 is 0 Å². The Labute approximate surface area is 263 Å². The minimum Gasteiger partial charge on any atom is -0.497 e. The smallest absolute Gasteiger partial charge is 0.226 e. The zero-order valence-electron chi connectivity index (χ0n) is 27.0. The summed E-state index contributed by atoms with van der Waals surface area (Å²) in [5, 5.41) is 19.2. The Hall–Kier alpha value is -3.01. The van der Waals surface area contributed by atoms with Gasteiger partial charge in [-0.1, -0.05) is 67.5 Å². The molecule has 1 N–H and O–H groups in total. The number of aliphatic hydroxyl groups excluding tert-OH is 1. The van der Waals surface area contributed by atoms with E-state index in [1.807, 2.05) is 15.8 Å². The second-order valence-electron chi connectivity index (χ2n) is 13.2. The number of aromatic nitrogens is 3. The summed E-state index contributed by atoms with van der Waals surface area (Å²) in [6, 6.07) is 17.3. The monoisotopic (exact) mass is 618 g/mol. The molecule has 238 valence electrons. The first-order valence-electron chi connectivity index (χ1n) is 16.5. The van der Waals surface area contributed by atoms with Gasteiger partial charge in [0.15, 0.2) is 0 Å². The van der Waals surface area contributed by atoms with E-state index in [1.165, 1.54) is 17.2 Å². The highest BCUT2D eigenvalue weighted by Crippen LogP contribution is 2.46. The van der Waals surface area contributed by atoms with Crippen molar-refractivity contribution < 1.29 is 19.4 Å². The molecule has 0 unspecified atom stereocenters. The third-order valence-electron chi connectivity index (χ3n) is 9.93. The van der Waals surface area contributed by atoms with E-state index in [2.05, 4.69) is 78.9 Å². The van der Waals surface area contributed by atoms with Crippen molar-refractivity contribution >= 4 is 24.9 Å². The van der Waals surface area contributed by atoms with Gasteiger partial charge in [-0.2, -0.15) is 0 Å². The number of ether oxygens (including phenoxy) is 2. The Morgan fingerprint density at radius 3 is 2.59 bits per heavy atom. The van der Waals surface area contributed by atoms with E-state index in [-0.39, 0.29) is 24.7 Å². The van der Waals surface area contributed by atoms with E-state index in [4.69, 9.17) is 9.47 Å². The molecule has 1 aromatic heterocycles. The molecule has 0 aliphatic carbocycles. The van der Waals surface area contributed by atoms with Gasteiger partial charge in [-0.3, -0.25) is 9.48 Å². The molecule has 2 saturated heterocycles. The Balaban J connectivity index is 1.32. The molecule has 2 aliphatic heterocycles. The molecule has 3 heterocycles. The van der Waals surface area contributed by atoms with Crippen molar-refractivity contribution in [1.29, 1.82) is 0 Å². The summed E-state index contributed by atoms with van der Waals surface area (Å²) < 4.78 is 14.3. The van der Waals surface area contributed by atoms with Crippen LogP contribution in [-0.4, -0.2) is 66.6 Å². The summed E-state index contributed by atoms with van der Waals surface area (Å²) in [7, 11) is -0.243. The molecular formula is C35H50N4O4Si. The topological polar surface area (TPSA) is 89.7 Å². The fourth-order valence-corrected chi connectivity index (χ4v) is 11.6. The normalized spacial score (nSPS) is 23.0. The van der Waals surface area contributed by atoms with Crippen LogP contribution in [0.25, 0.3) is 0 Å². The number of aryl methyl sites for hydroxylation is 2. The van der Waals surface area contributed by atoms with Crippen LogP contribution in [-0.2, 0) is 28.9 Å². The number of nitrogens with zero attached hydrogens (tertiary/aromatic N) is 4. The first-order chi connectivity index (χ1) is 21.3. The standard InChI is InChI=1S/C35H50N4O4Si/c1-26-32(18-13-27-10-9-11-29(24-27)39-21-8-6-5-7-12-34(39)41)43-33(19-22-38-25-28(20-23-40)36-37-38)35(26)44(3,4)31-16-14-30(42-2)15-17-31/h9-11,14-17,24-26,32-33,35,40H,5-8,12-13,18-23H2,1-4H3/t26-,32+,33-,35+/m1/s1. The zero-order chi connectivity index (χ0) is 31.1. The lowest BCUT2D eigenvalue weighted by Gasteiger charge is -2.36. The van der Waals surface area contributed by atoms with Crippen LogP contribution in [0, 0.1) is 5.92 Å². The average Bonchev–Trinajstić information content (AvgIpc) is 3.60. The quantitative estimate of drug-likeness (QED) is 0.269. The summed E-state index contributed by atoms with van der Waals surface area (Å²) in [5.41, 5.74) is 3.55. The first kappa shape index (κ1) is 32.4. The van der Waals surface area contributed by atoms with Crippen LogP contribution in [0.3, 0.4) is 0 Å². The van der Waals surface area contributed by atoms with Crippen LogP contribution < -0.4 is 14.8 Å². The molecule has 8 nitrogen and oxygen atoms in total. The van der Waals surface area contributed by atoms with Crippen LogP contribution in [0.4, 0.5) is 5.69 Å². The van der Waals surface area contributed by atoms with Gasteiger partial charge in [0.25, 0.3) is 0 Å². The minimum absolute atomic E-state index is 0.0740. The Kier molecular flexibility index (Phi) is 10.9. The van der Waals surface area contributed by atoms with E-state index in [0.29, 0.717) is 24.3 Å². The molecule has 1 amide bonds. The summed E-state index contributed by atoms with van der Waals surface area (Å²) in [4.78, 5) is 14.9. The van der Waals surface area contributed by atoms with Gasteiger partial charge in [0.1, 0.15) is 5.75 Å². The van der Waals surface area contributed by atoms with Gasteiger partial charge in [-0.15, -0.1) is 5.10 Å². The zero-order valence-corrected chi connectivity index (χ0v) is 28.0. The Morgan fingerprint density at radius 2 is 1.82 bits per heavy atom. The van der Waals surface area contributed by atoms with Crippen LogP contribution >= 0.6 is 0 Å². The van der Waals surface area contributed by atoms with Gasteiger partial charge >= 0.3 is 0 Å². The first-order valence-corrected chi connectivity index (χ1v) is 19.6. The summed E-state index contributed by atoms with van der Waals surface area (Å²) in [5.74, 6) is 1.54. The molecule has 2 fully saturated rings. The lowest BCUT2D eigenvalue weighted by molar-refractivity contribution is -0.118. The number of rotatable bonds is 12. The molecule has 44 heavy (non-hydrogen) atoms. The van der Waals surface area contributed by atoms with Crippen molar-refractivity contribution in [1.82, 2.24) is 15.0 Å². The predicted molar refractivity (Wildman–Crippen MR) is 177 cm³/mol. The molecule has 0 spiro atoms. The van der Waals surface area contributed by atoms with Crippen molar-refractivity contribution in [3.8, 4) is 5.75 Å². The molecule has 4 atom stereocenters. The number of amides is 1. The highest BCUT2D eigenvalue weighted by molar-refractivity contribution is 6.91. The van der Waals surface area contributed by atoms with Gasteiger partial charge in [-0.05, 0) is 73.4 Å². The minimum atomic E-state index is -1.96. The molecule has 9 heteroatoms. The molecule has 2 aromatic carbocycles. The van der Waals surface area contributed by atoms with Crippen molar-refractivity contribution in [2.24, 2.45) is 5.92 Å². The van der Waals surface area contributed by atoms with Crippen molar-refractivity contribution in [2.45, 2.75) is 102 Å². The number of benzene rings is 2. The molecule has 5 rings (SSSR count). The fourth-order valence-electron chi connectivity index (χ4n) is 7.47. The number of aliphatic hydroxyl groups is 1. The van der Waals surface area contributed by atoms with Crippen molar-refractivity contribution in [3.05, 3.63) is 66.0 Å². The highest BCUT2D eigenvalue weighted by atomic mass is 28.3. The maximum Gasteiger partial charge on any atom is 0.226 e. The number of carbonyl (C=O) groups is 1. The molecule has 0 radical (unpaired) electrons. The second-order valence-corrected chi connectivity index (χ2v) is 17.9. The largest absolute Gasteiger partial charge is 0.497 e. The third-order valence-corrected chi connectivity index (χ3v) is 14.3. The van der Waals surface area contributed by atoms with E-state index in [1.54, 1.807) is 7.11 Å². The number of anilines is 1. The van der Waals surface area contributed by atoms with Crippen LogP contribution in [0.5, 0.6) is 5.75 Å². The van der Waals surface area contributed by atoms with E-state index in [9.17, 15) is 9.90 Å². The summed E-state index contributed by atoms with van der Waals surface area (Å²) >= 11 is 0. The van der Waals surface area contributed by atoms with Gasteiger partial charge in [-0.25, -0.2) is 0 Å². The van der Waals surface area contributed by atoms with Crippen molar-refractivity contribution in [2.75, 3.05) is 25.2 Å². The molecular weight excluding hydrogens is 568 g/mol. The maximum absolute atomic E-state index is 12.9. The summed E-state index contributed by atoms with van der Waals surface area (Å²) in [6.45, 7) is 8.97. The van der Waals surface area contributed by atoms with Crippen LogP contribution in [0.2, 0.25) is 18.6 Å². The summed E-state index contributed by atoms with van der Waals surface area (Å²) in [6.07, 6.45) is 10.5. The number of methoxy groups -OCH3 is 1. The highest BCUT2D eigenvalue weighted by Gasteiger charge is 2.50. The van der Waals surface area contributed by atoms with E-state index in [0.717, 1.165) is 68.7 Å². The number of hydrogen-bond acceptors (Lipinski definition) is 6. The number of hydrogen-bond donors (Lipinski definition) is 1. The SMILES string of the molecule is COc1ccc([Si](C)(C)[C@H]2[C@H](C)[C@H](CCc3cccc(N4CCCCCCC4=O)c3)O[C@@H]2CCn2cc(CCO)nn2)cc1. The van der Waals surface area contributed by atoms with Crippen LogP contribution in [0.15, 0.2) is 54.7 Å². The molecule has 2 aliphatic rings. The third kappa shape index (κ3) is 7.61. The van der Waals surface area contributed by atoms with Gasteiger partial charge < -0.3 is 19.5 Å². The second kappa shape index (κ2) is 14.8. The van der Waals surface area contributed by atoms with Crippen LogP contribution in [0.1, 0.15) is 63.1 Å². The Bertz CT molecular complexity index is 1360. The van der Waals surface area contributed by atoms with E-state index < -0.39 is 8.07 Å². The molecule has 0 bridgehead atoms. The van der Waals surface area contributed by atoms with Gasteiger partial charge in [0, 0.05) is 44.4 Å². The molecule has 0 saturated carbocycles. The lowest BCUT2D eigenvalue weighted by atomic mass is 9.95.